The summed E-state index contributed by atoms with van der Waals surface area (Å²) < 4.78 is 29.1. The Morgan fingerprint density at radius 3 is 2.48 bits per heavy atom. The van der Waals surface area contributed by atoms with Gasteiger partial charge in [-0.2, -0.15) is 5.10 Å². The fraction of sp³-hybridized carbons (Fsp3) is 0.200. The van der Waals surface area contributed by atoms with Gasteiger partial charge in [0.05, 0.1) is 27.9 Å². The number of aromatic nitrogens is 3. The first-order valence-corrected chi connectivity index (χ1v) is 17.5. The van der Waals surface area contributed by atoms with Crippen molar-refractivity contribution in [3.8, 4) is 5.88 Å². The smallest absolute Gasteiger partial charge is 0.272 e. The summed E-state index contributed by atoms with van der Waals surface area (Å²) >= 11 is 0. The number of carbonyl (C=O) groups is 2. The molecule has 1 fully saturated rings. The summed E-state index contributed by atoms with van der Waals surface area (Å²) in [7, 11) is 0. The summed E-state index contributed by atoms with van der Waals surface area (Å²) in [5.74, 6) is -1.84. The van der Waals surface area contributed by atoms with Crippen molar-refractivity contribution >= 4 is 50.6 Å². The number of H-pyrrole nitrogens is 2. The monoisotopic (exact) mass is 729 g/mol. The highest BCUT2D eigenvalue weighted by Gasteiger charge is 2.30. The predicted molar refractivity (Wildman–Crippen MR) is 198 cm³/mol. The Bertz CT molecular complexity index is 2570. The van der Waals surface area contributed by atoms with Gasteiger partial charge in [0, 0.05) is 60.9 Å². The predicted octanol–water partition coefficient (Wildman–Crippen LogP) is 5.60. The van der Waals surface area contributed by atoms with E-state index in [0.717, 1.165) is 0 Å². The molecule has 272 valence electrons. The summed E-state index contributed by atoms with van der Waals surface area (Å²) in [6.07, 6.45) is 0.834. The van der Waals surface area contributed by atoms with E-state index in [-0.39, 0.29) is 55.4 Å². The van der Waals surface area contributed by atoms with Crippen LogP contribution in [0.4, 0.5) is 14.5 Å². The molecule has 54 heavy (non-hydrogen) atoms. The zero-order valence-electron chi connectivity index (χ0n) is 28.8. The van der Waals surface area contributed by atoms with Crippen molar-refractivity contribution in [3.05, 3.63) is 135 Å². The van der Waals surface area contributed by atoms with Crippen molar-refractivity contribution in [3.63, 3.8) is 0 Å². The van der Waals surface area contributed by atoms with E-state index >= 15 is 0 Å². The zero-order valence-corrected chi connectivity index (χ0v) is 28.8. The molecule has 1 saturated heterocycles. The maximum absolute atomic E-state index is 15.0. The molecule has 0 atom stereocenters. The Morgan fingerprint density at radius 2 is 1.65 bits per heavy atom. The molecule has 0 spiro atoms. The third-order valence-electron chi connectivity index (χ3n) is 9.70. The van der Waals surface area contributed by atoms with E-state index in [4.69, 9.17) is 4.84 Å². The summed E-state index contributed by atoms with van der Waals surface area (Å²) in [6, 6.07) is 22.9. The van der Waals surface area contributed by atoms with Crippen LogP contribution in [0.25, 0.3) is 21.7 Å². The molecular formula is C40H33F2N7O5. The molecule has 8 rings (SSSR count). The third kappa shape index (κ3) is 6.57. The van der Waals surface area contributed by atoms with Gasteiger partial charge in [-0.05, 0) is 54.4 Å². The van der Waals surface area contributed by atoms with Crippen molar-refractivity contribution < 1.29 is 28.3 Å². The van der Waals surface area contributed by atoms with Crippen LogP contribution in [0.2, 0.25) is 0 Å². The first-order valence-electron chi connectivity index (χ1n) is 17.5. The van der Waals surface area contributed by atoms with Crippen LogP contribution in [0.1, 0.15) is 45.6 Å². The lowest BCUT2D eigenvalue weighted by atomic mass is 10.0. The highest BCUT2D eigenvalue weighted by Crippen LogP contribution is 2.36. The number of rotatable bonds is 9. The number of amides is 2. The number of fused-ring (bicyclic) bond motifs is 3. The van der Waals surface area contributed by atoms with Gasteiger partial charge in [-0.25, -0.2) is 18.9 Å². The minimum absolute atomic E-state index is 0.0649. The number of aliphatic imine (C=N–C) groups is 1. The van der Waals surface area contributed by atoms with E-state index in [0.29, 0.717) is 80.7 Å². The average Bonchev–Trinajstić information content (AvgIpc) is 3.71. The van der Waals surface area contributed by atoms with E-state index in [2.05, 4.69) is 25.3 Å². The average molecular weight is 730 g/mol. The van der Waals surface area contributed by atoms with Gasteiger partial charge >= 0.3 is 0 Å². The molecule has 0 bridgehead atoms. The van der Waals surface area contributed by atoms with Crippen LogP contribution in [0.5, 0.6) is 5.88 Å². The zero-order chi connectivity index (χ0) is 37.3. The number of hydrogen-bond donors (Lipinski definition) is 3. The second kappa shape index (κ2) is 14.4. The van der Waals surface area contributed by atoms with E-state index in [1.54, 1.807) is 35.2 Å². The van der Waals surface area contributed by atoms with Crippen molar-refractivity contribution in [2.75, 3.05) is 32.8 Å². The molecule has 0 radical (unpaired) electrons. The van der Waals surface area contributed by atoms with Gasteiger partial charge in [0.25, 0.3) is 11.5 Å². The minimum Gasteiger partial charge on any atom is -0.494 e. The molecular weight excluding hydrogens is 696 g/mol. The lowest BCUT2D eigenvalue weighted by molar-refractivity contribution is -0.133. The standard InChI is InChI=1S/C40H33F2N7O5/c41-24-12-14-32-29(22-24)35(39(52)44-32)37-36(27-8-3-4-9-31(27)43-37)47-54-19-5-10-34(50)48-15-17-49(18-16-48)40(53)28-20-23(11-13-30(28)42)21-33-25-6-1-2-7-26(25)38(51)46-45-33/h1-4,6-9,11-14,20,22,44,52H,5,10,15-19,21H2,(H,46,51)/b47-36+. The van der Waals surface area contributed by atoms with Gasteiger partial charge in [-0.1, -0.05) is 47.6 Å². The summed E-state index contributed by atoms with van der Waals surface area (Å²) in [5.41, 5.74) is 3.77. The van der Waals surface area contributed by atoms with E-state index in [9.17, 15) is 28.3 Å². The molecule has 6 aromatic rings. The first-order chi connectivity index (χ1) is 26.2. The van der Waals surface area contributed by atoms with Crippen LogP contribution in [-0.2, 0) is 16.1 Å². The Balaban J connectivity index is 0.863. The number of aromatic hydroxyl groups is 1. The van der Waals surface area contributed by atoms with Gasteiger partial charge < -0.3 is 24.7 Å². The second-order valence-corrected chi connectivity index (χ2v) is 13.1. The Labute approximate surface area is 306 Å². The van der Waals surface area contributed by atoms with Crippen LogP contribution >= 0.6 is 0 Å². The van der Waals surface area contributed by atoms with Crippen LogP contribution < -0.4 is 5.56 Å². The van der Waals surface area contributed by atoms with Gasteiger partial charge in [0.1, 0.15) is 29.7 Å². The molecule has 0 aliphatic carbocycles. The number of benzene rings is 4. The van der Waals surface area contributed by atoms with Crippen molar-refractivity contribution in [2.24, 2.45) is 10.1 Å². The van der Waals surface area contributed by atoms with Crippen molar-refractivity contribution in [2.45, 2.75) is 19.3 Å². The quantitative estimate of drug-likeness (QED) is 0.130. The Kier molecular flexibility index (Phi) is 9.15. The minimum atomic E-state index is -0.642. The molecule has 14 heteroatoms. The van der Waals surface area contributed by atoms with Crippen LogP contribution in [-0.4, -0.2) is 86.1 Å². The van der Waals surface area contributed by atoms with E-state index in [1.807, 2.05) is 24.3 Å². The summed E-state index contributed by atoms with van der Waals surface area (Å²) in [6.45, 7) is 1.21. The molecule has 12 nitrogen and oxygen atoms in total. The highest BCUT2D eigenvalue weighted by atomic mass is 19.1. The Hall–Kier alpha value is -6.70. The van der Waals surface area contributed by atoms with Crippen LogP contribution in [0.3, 0.4) is 0 Å². The van der Waals surface area contributed by atoms with Crippen LogP contribution in [0.15, 0.2) is 99.9 Å². The topological polar surface area (TPSA) is 156 Å². The number of aromatic amines is 2. The molecule has 3 N–H and O–H groups in total. The number of hydrogen-bond acceptors (Lipinski definition) is 8. The number of para-hydroxylation sites is 1. The molecule has 2 aliphatic heterocycles. The maximum Gasteiger partial charge on any atom is 0.272 e. The normalized spacial score (nSPS) is 14.9. The number of oxime groups is 1. The molecule has 4 heterocycles. The number of halogens is 2. The molecule has 0 saturated carbocycles. The summed E-state index contributed by atoms with van der Waals surface area (Å²) in [4.78, 5) is 55.1. The lowest BCUT2D eigenvalue weighted by Gasteiger charge is -2.35. The Morgan fingerprint density at radius 1 is 0.889 bits per heavy atom. The number of carbonyl (C=O) groups excluding carboxylic acids is 2. The largest absolute Gasteiger partial charge is 0.494 e. The maximum atomic E-state index is 15.0. The van der Waals surface area contributed by atoms with Gasteiger partial charge in [0.2, 0.25) is 5.91 Å². The van der Waals surface area contributed by atoms with Gasteiger partial charge in [-0.3, -0.25) is 14.4 Å². The molecule has 0 unspecified atom stereocenters. The molecule has 2 amide bonds. The fourth-order valence-electron chi connectivity index (χ4n) is 6.96. The van der Waals surface area contributed by atoms with Crippen molar-refractivity contribution in [1.29, 1.82) is 0 Å². The molecule has 2 aromatic heterocycles. The lowest BCUT2D eigenvalue weighted by Crippen LogP contribution is -2.50. The van der Waals surface area contributed by atoms with Crippen molar-refractivity contribution in [1.82, 2.24) is 25.0 Å². The fourth-order valence-corrected chi connectivity index (χ4v) is 6.96. The van der Waals surface area contributed by atoms with E-state index in [1.165, 1.54) is 35.2 Å². The number of piperazine rings is 1. The third-order valence-corrected chi connectivity index (χ3v) is 9.70. The van der Waals surface area contributed by atoms with Gasteiger partial charge in [0.15, 0.2) is 5.88 Å². The van der Waals surface area contributed by atoms with Gasteiger partial charge in [-0.15, -0.1) is 0 Å². The highest BCUT2D eigenvalue weighted by molar-refractivity contribution is 6.58. The SMILES string of the molecule is O=C(CCCO/N=C1/C(c2c(O)[nH]c3ccc(F)cc23)=Nc2ccccc21)N1CCN(C(=O)c2cc(Cc3n[nH]c(=O)c4ccccc34)ccc2F)CC1. The first kappa shape index (κ1) is 34.4. The van der Waals surface area contributed by atoms with Crippen LogP contribution in [0, 0.1) is 11.6 Å². The number of nitrogens with zero attached hydrogens (tertiary/aromatic N) is 5. The molecule has 4 aromatic carbocycles. The van der Waals surface area contributed by atoms with E-state index < -0.39 is 17.5 Å². The molecule has 2 aliphatic rings. The number of nitrogens with one attached hydrogen (secondary N) is 2. The summed E-state index contributed by atoms with van der Waals surface area (Å²) in [5, 5.41) is 23.4. The second-order valence-electron chi connectivity index (χ2n) is 13.1.